The number of nitrogens with zero attached hydrogens (tertiary/aromatic N) is 1. The van der Waals surface area contributed by atoms with E-state index in [4.69, 9.17) is 0 Å². The number of aryl methyl sites for hydroxylation is 1. The fourth-order valence-corrected chi connectivity index (χ4v) is 2.58. The number of hydrogen-bond donors (Lipinski definition) is 0. The largest absolute Gasteiger partial charge is 0.302 e. The van der Waals surface area contributed by atoms with Crippen LogP contribution in [0.25, 0.3) is 0 Å². The topological polar surface area (TPSA) is 3.24 Å². The van der Waals surface area contributed by atoms with E-state index in [1.807, 2.05) is 0 Å². The second-order valence-electron chi connectivity index (χ2n) is 6.50. The Bertz CT molecular complexity index is 357. The molecule has 0 unspecified atom stereocenters. The van der Waals surface area contributed by atoms with Gasteiger partial charge in [-0.05, 0) is 49.9 Å². The zero-order valence-corrected chi connectivity index (χ0v) is 14.0. The van der Waals surface area contributed by atoms with E-state index in [2.05, 4.69) is 57.0 Å². The molecular weight excluding hydrogens is 242 g/mol. The highest BCUT2D eigenvalue weighted by Crippen LogP contribution is 2.16. The zero-order chi connectivity index (χ0) is 14.8. The Morgan fingerprint density at radius 3 is 2.35 bits per heavy atom. The molecule has 0 aliphatic carbocycles. The van der Waals surface area contributed by atoms with Crippen LogP contribution in [0.2, 0.25) is 0 Å². The van der Waals surface area contributed by atoms with Gasteiger partial charge in [-0.2, -0.15) is 0 Å². The lowest BCUT2D eigenvalue weighted by Crippen LogP contribution is -2.20. The molecular formula is C19H33N. The van der Waals surface area contributed by atoms with Crippen molar-refractivity contribution in [2.75, 3.05) is 13.6 Å². The predicted molar refractivity (Wildman–Crippen MR) is 90.1 cm³/mol. The Morgan fingerprint density at radius 2 is 1.70 bits per heavy atom. The minimum absolute atomic E-state index is 0.787. The van der Waals surface area contributed by atoms with Gasteiger partial charge in [0.05, 0.1) is 0 Å². The summed E-state index contributed by atoms with van der Waals surface area (Å²) in [5.74, 6) is 0.787. The fraction of sp³-hybridized carbons (Fsp3) is 0.684. The quantitative estimate of drug-likeness (QED) is 0.525. The molecule has 1 aromatic carbocycles. The Hall–Kier alpha value is -0.820. The van der Waals surface area contributed by atoms with Crippen LogP contribution in [0.5, 0.6) is 0 Å². The molecule has 0 bridgehead atoms. The van der Waals surface area contributed by atoms with E-state index in [9.17, 15) is 0 Å². The van der Waals surface area contributed by atoms with Crippen LogP contribution in [0, 0.1) is 5.92 Å². The standard InChI is InChI=1S/C19H33N/c1-5-6-7-10-15-20(4)16-19-12-9-8-11-18(19)14-13-17(2)3/h8-9,11-12,17H,5-7,10,13-16H2,1-4H3. The zero-order valence-electron chi connectivity index (χ0n) is 14.0. The second-order valence-corrected chi connectivity index (χ2v) is 6.50. The van der Waals surface area contributed by atoms with Crippen molar-refractivity contribution in [3.05, 3.63) is 35.4 Å². The van der Waals surface area contributed by atoms with Crippen LogP contribution >= 0.6 is 0 Å². The number of rotatable bonds is 10. The first-order chi connectivity index (χ1) is 9.63. The minimum atomic E-state index is 0.787. The third-order valence-corrected chi connectivity index (χ3v) is 3.94. The van der Waals surface area contributed by atoms with Crippen molar-refractivity contribution in [1.82, 2.24) is 4.90 Å². The van der Waals surface area contributed by atoms with Crippen LogP contribution in [-0.2, 0) is 13.0 Å². The van der Waals surface area contributed by atoms with E-state index in [-0.39, 0.29) is 0 Å². The van der Waals surface area contributed by atoms with Crippen molar-refractivity contribution >= 4 is 0 Å². The van der Waals surface area contributed by atoms with Crippen molar-refractivity contribution in [2.24, 2.45) is 5.92 Å². The lowest BCUT2D eigenvalue weighted by molar-refractivity contribution is 0.316. The number of benzene rings is 1. The van der Waals surface area contributed by atoms with Gasteiger partial charge in [-0.1, -0.05) is 64.3 Å². The maximum atomic E-state index is 2.48. The lowest BCUT2D eigenvalue weighted by Gasteiger charge is -2.19. The van der Waals surface area contributed by atoms with E-state index >= 15 is 0 Å². The summed E-state index contributed by atoms with van der Waals surface area (Å²) in [5, 5.41) is 0. The molecule has 1 rings (SSSR count). The molecule has 0 aliphatic heterocycles. The predicted octanol–water partition coefficient (Wildman–Crippen LogP) is 5.29. The molecule has 0 aromatic heterocycles. The highest BCUT2D eigenvalue weighted by molar-refractivity contribution is 5.27. The minimum Gasteiger partial charge on any atom is -0.302 e. The highest BCUT2D eigenvalue weighted by atomic mass is 15.1. The summed E-state index contributed by atoms with van der Waals surface area (Å²) in [6.45, 7) is 9.21. The molecule has 20 heavy (non-hydrogen) atoms. The third-order valence-electron chi connectivity index (χ3n) is 3.94. The van der Waals surface area contributed by atoms with Crippen molar-refractivity contribution in [3.8, 4) is 0 Å². The average molecular weight is 275 g/mol. The van der Waals surface area contributed by atoms with Crippen LogP contribution in [0.1, 0.15) is 64.0 Å². The van der Waals surface area contributed by atoms with Crippen molar-refractivity contribution in [1.29, 1.82) is 0 Å². The van der Waals surface area contributed by atoms with E-state index in [1.165, 1.54) is 50.6 Å². The van der Waals surface area contributed by atoms with Crippen LogP contribution < -0.4 is 0 Å². The molecule has 0 heterocycles. The van der Waals surface area contributed by atoms with Gasteiger partial charge in [-0.3, -0.25) is 0 Å². The van der Waals surface area contributed by atoms with E-state index in [0.29, 0.717) is 0 Å². The van der Waals surface area contributed by atoms with Gasteiger partial charge in [0.25, 0.3) is 0 Å². The molecule has 1 aromatic rings. The van der Waals surface area contributed by atoms with Gasteiger partial charge in [-0.25, -0.2) is 0 Å². The molecule has 0 fully saturated rings. The molecule has 114 valence electrons. The number of hydrogen-bond acceptors (Lipinski definition) is 1. The SMILES string of the molecule is CCCCCCN(C)Cc1ccccc1CCC(C)C. The monoisotopic (exact) mass is 275 g/mol. The van der Waals surface area contributed by atoms with Gasteiger partial charge < -0.3 is 4.90 Å². The van der Waals surface area contributed by atoms with Crippen molar-refractivity contribution in [2.45, 2.75) is 65.8 Å². The Balaban J connectivity index is 2.45. The summed E-state index contributed by atoms with van der Waals surface area (Å²) < 4.78 is 0. The van der Waals surface area contributed by atoms with Gasteiger partial charge in [0.15, 0.2) is 0 Å². The molecule has 1 heteroatoms. The van der Waals surface area contributed by atoms with Crippen molar-refractivity contribution < 1.29 is 0 Å². The molecule has 0 spiro atoms. The van der Waals surface area contributed by atoms with Gasteiger partial charge in [0.1, 0.15) is 0 Å². The first kappa shape index (κ1) is 17.2. The third kappa shape index (κ3) is 7.09. The first-order valence-corrected chi connectivity index (χ1v) is 8.38. The summed E-state index contributed by atoms with van der Waals surface area (Å²) >= 11 is 0. The van der Waals surface area contributed by atoms with E-state index < -0.39 is 0 Å². The van der Waals surface area contributed by atoms with Gasteiger partial charge in [0, 0.05) is 6.54 Å². The van der Waals surface area contributed by atoms with Crippen LogP contribution in [0.4, 0.5) is 0 Å². The summed E-state index contributed by atoms with van der Waals surface area (Å²) in [7, 11) is 2.26. The summed E-state index contributed by atoms with van der Waals surface area (Å²) in [6.07, 6.45) is 7.91. The van der Waals surface area contributed by atoms with Crippen LogP contribution in [0.15, 0.2) is 24.3 Å². The lowest BCUT2D eigenvalue weighted by atomic mass is 9.98. The highest BCUT2D eigenvalue weighted by Gasteiger charge is 2.06. The molecule has 1 nitrogen and oxygen atoms in total. The Labute approximate surface area is 126 Å². The van der Waals surface area contributed by atoms with E-state index in [0.717, 1.165) is 12.5 Å². The van der Waals surface area contributed by atoms with Gasteiger partial charge in [0.2, 0.25) is 0 Å². The summed E-state index contributed by atoms with van der Waals surface area (Å²) in [4.78, 5) is 2.48. The van der Waals surface area contributed by atoms with Gasteiger partial charge >= 0.3 is 0 Å². The Morgan fingerprint density at radius 1 is 1.00 bits per heavy atom. The van der Waals surface area contributed by atoms with Gasteiger partial charge in [-0.15, -0.1) is 0 Å². The molecule has 0 aliphatic rings. The van der Waals surface area contributed by atoms with Crippen molar-refractivity contribution in [3.63, 3.8) is 0 Å². The normalized spacial score (nSPS) is 11.5. The summed E-state index contributed by atoms with van der Waals surface area (Å²) in [5.41, 5.74) is 3.06. The molecule has 0 radical (unpaired) electrons. The summed E-state index contributed by atoms with van der Waals surface area (Å²) in [6, 6.07) is 8.97. The maximum absolute atomic E-state index is 2.48. The molecule has 0 saturated carbocycles. The number of unbranched alkanes of at least 4 members (excludes halogenated alkanes) is 3. The molecule has 0 atom stereocenters. The first-order valence-electron chi connectivity index (χ1n) is 8.38. The molecule has 0 saturated heterocycles. The second kappa shape index (κ2) is 9.99. The van der Waals surface area contributed by atoms with E-state index in [1.54, 1.807) is 5.56 Å². The fourth-order valence-electron chi connectivity index (χ4n) is 2.58. The average Bonchev–Trinajstić information content (AvgIpc) is 2.42. The molecule has 0 N–H and O–H groups in total. The maximum Gasteiger partial charge on any atom is 0.0233 e. The smallest absolute Gasteiger partial charge is 0.0233 e. The van der Waals surface area contributed by atoms with Crippen LogP contribution in [0.3, 0.4) is 0 Å². The molecule has 0 amide bonds. The Kier molecular flexibility index (Phi) is 8.60. The van der Waals surface area contributed by atoms with Crippen LogP contribution in [-0.4, -0.2) is 18.5 Å².